The first-order valence-corrected chi connectivity index (χ1v) is 7.74. The highest BCUT2D eigenvalue weighted by atomic mass is 19.1. The number of hydrogen-bond donors (Lipinski definition) is 2. The molecular weight excluding hydrogens is 269 g/mol. The summed E-state index contributed by atoms with van der Waals surface area (Å²) in [6.07, 6.45) is 2.54. The van der Waals surface area contributed by atoms with E-state index in [1.54, 1.807) is 6.07 Å². The molecule has 0 bridgehead atoms. The summed E-state index contributed by atoms with van der Waals surface area (Å²) in [5, 5.41) is 3.29. The summed E-state index contributed by atoms with van der Waals surface area (Å²) < 4.78 is 19.2. The highest BCUT2D eigenvalue weighted by molar-refractivity contribution is 5.68. The Morgan fingerprint density at radius 1 is 1.43 bits per heavy atom. The zero-order valence-electron chi connectivity index (χ0n) is 13.2. The molecule has 4 nitrogen and oxygen atoms in total. The van der Waals surface area contributed by atoms with Crippen LogP contribution in [0.4, 0.5) is 15.8 Å². The van der Waals surface area contributed by atoms with Crippen LogP contribution in [0.25, 0.3) is 0 Å². The molecule has 0 aromatic heterocycles. The molecule has 0 spiro atoms. The Bertz CT molecular complexity index is 475. The minimum atomic E-state index is -0.417. The van der Waals surface area contributed by atoms with Crippen LogP contribution in [0.5, 0.6) is 5.75 Å². The number of halogens is 1. The lowest BCUT2D eigenvalue weighted by molar-refractivity contribution is 0.231. The number of anilines is 2. The number of nitrogen functional groups attached to an aromatic ring is 1. The molecule has 0 aliphatic heterocycles. The van der Waals surface area contributed by atoms with E-state index in [1.165, 1.54) is 18.9 Å². The largest absolute Gasteiger partial charge is 0.488 e. The predicted octanol–water partition coefficient (Wildman–Crippen LogP) is 3.09. The SMILES string of the molecule is CCN(CCNc1cc(OC(C)C)c(F)cc1N)C1CC1. The molecule has 0 unspecified atom stereocenters. The van der Waals surface area contributed by atoms with Gasteiger partial charge in [-0.15, -0.1) is 0 Å². The minimum absolute atomic E-state index is 0.0681. The van der Waals surface area contributed by atoms with E-state index in [-0.39, 0.29) is 11.9 Å². The maximum atomic E-state index is 13.8. The Kier molecular flexibility index (Phi) is 5.28. The number of hydrogen-bond acceptors (Lipinski definition) is 4. The molecule has 1 aliphatic rings. The van der Waals surface area contributed by atoms with Crippen LogP contribution in [-0.4, -0.2) is 36.7 Å². The summed E-state index contributed by atoms with van der Waals surface area (Å²) >= 11 is 0. The van der Waals surface area contributed by atoms with E-state index < -0.39 is 5.82 Å². The maximum Gasteiger partial charge on any atom is 0.167 e. The maximum absolute atomic E-state index is 13.8. The average molecular weight is 295 g/mol. The van der Waals surface area contributed by atoms with E-state index in [0.29, 0.717) is 5.69 Å². The summed E-state index contributed by atoms with van der Waals surface area (Å²) in [5.74, 6) is -0.170. The van der Waals surface area contributed by atoms with Gasteiger partial charge in [0.1, 0.15) is 0 Å². The third-order valence-electron chi connectivity index (χ3n) is 3.65. The van der Waals surface area contributed by atoms with Gasteiger partial charge in [-0.3, -0.25) is 4.90 Å². The van der Waals surface area contributed by atoms with Crippen molar-refractivity contribution >= 4 is 11.4 Å². The molecular formula is C16H26FN3O. The third kappa shape index (κ3) is 4.49. The average Bonchev–Trinajstić information content (AvgIpc) is 3.23. The number of benzene rings is 1. The van der Waals surface area contributed by atoms with Crippen molar-refractivity contribution in [3.8, 4) is 5.75 Å². The van der Waals surface area contributed by atoms with Crippen molar-refractivity contribution in [1.82, 2.24) is 4.90 Å². The molecule has 1 fully saturated rings. The number of ether oxygens (including phenoxy) is 1. The smallest absolute Gasteiger partial charge is 0.167 e. The second-order valence-electron chi connectivity index (χ2n) is 5.82. The standard InChI is InChI=1S/C16H26FN3O/c1-4-20(12-5-6-12)8-7-19-15-10-16(21-11(2)3)13(17)9-14(15)18/h9-12,19H,4-8,18H2,1-3H3. The Morgan fingerprint density at radius 3 is 2.71 bits per heavy atom. The second kappa shape index (κ2) is 6.98. The first-order valence-electron chi connectivity index (χ1n) is 7.74. The van der Waals surface area contributed by atoms with Crippen molar-refractivity contribution < 1.29 is 9.13 Å². The lowest BCUT2D eigenvalue weighted by Gasteiger charge is -2.21. The van der Waals surface area contributed by atoms with Crippen molar-refractivity contribution in [1.29, 1.82) is 0 Å². The van der Waals surface area contributed by atoms with Gasteiger partial charge in [-0.25, -0.2) is 4.39 Å². The summed E-state index contributed by atoms with van der Waals surface area (Å²) in [5.41, 5.74) is 7.02. The molecule has 118 valence electrons. The topological polar surface area (TPSA) is 50.5 Å². The summed E-state index contributed by atoms with van der Waals surface area (Å²) in [6, 6.07) is 3.72. The van der Waals surface area contributed by atoms with Gasteiger partial charge in [0.25, 0.3) is 0 Å². The number of nitrogens with two attached hydrogens (primary N) is 1. The van der Waals surface area contributed by atoms with Gasteiger partial charge >= 0.3 is 0 Å². The van der Waals surface area contributed by atoms with Crippen molar-refractivity contribution in [2.24, 2.45) is 0 Å². The molecule has 0 heterocycles. The summed E-state index contributed by atoms with van der Waals surface area (Å²) in [4.78, 5) is 2.46. The fraction of sp³-hybridized carbons (Fsp3) is 0.625. The Labute approximate surface area is 126 Å². The van der Waals surface area contributed by atoms with Crippen LogP contribution in [0.3, 0.4) is 0 Å². The van der Waals surface area contributed by atoms with E-state index in [9.17, 15) is 4.39 Å². The van der Waals surface area contributed by atoms with E-state index in [1.807, 2.05) is 13.8 Å². The molecule has 0 radical (unpaired) electrons. The quantitative estimate of drug-likeness (QED) is 0.724. The third-order valence-corrected chi connectivity index (χ3v) is 3.65. The van der Waals surface area contributed by atoms with Gasteiger partial charge in [-0.1, -0.05) is 6.92 Å². The fourth-order valence-electron chi connectivity index (χ4n) is 2.44. The van der Waals surface area contributed by atoms with Gasteiger partial charge in [0.2, 0.25) is 0 Å². The van der Waals surface area contributed by atoms with Crippen LogP contribution in [0, 0.1) is 5.82 Å². The van der Waals surface area contributed by atoms with Gasteiger partial charge in [0.15, 0.2) is 11.6 Å². The molecule has 1 aliphatic carbocycles. The number of likely N-dealkylation sites (N-methyl/N-ethyl adjacent to an activating group) is 1. The van der Waals surface area contributed by atoms with Gasteiger partial charge in [0.05, 0.1) is 17.5 Å². The van der Waals surface area contributed by atoms with E-state index in [2.05, 4.69) is 17.1 Å². The lowest BCUT2D eigenvalue weighted by Crippen LogP contribution is -2.31. The van der Waals surface area contributed by atoms with E-state index in [0.717, 1.165) is 31.4 Å². The molecule has 1 aromatic carbocycles. The van der Waals surface area contributed by atoms with Crippen molar-refractivity contribution in [2.45, 2.75) is 45.8 Å². The Balaban J connectivity index is 1.95. The first-order chi connectivity index (χ1) is 10.0. The molecule has 0 atom stereocenters. The molecule has 0 saturated heterocycles. The molecule has 3 N–H and O–H groups in total. The minimum Gasteiger partial charge on any atom is -0.488 e. The first kappa shape index (κ1) is 15.9. The van der Waals surface area contributed by atoms with E-state index >= 15 is 0 Å². The van der Waals surface area contributed by atoms with Gasteiger partial charge in [-0.05, 0) is 33.2 Å². The fourth-order valence-corrected chi connectivity index (χ4v) is 2.44. The molecule has 0 amide bonds. The molecule has 1 saturated carbocycles. The summed E-state index contributed by atoms with van der Waals surface area (Å²) in [7, 11) is 0. The van der Waals surface area contributed by atoms with Crippen molar-refractivity contribution in [3.63, 3.8) is 0 Å². The van der Waals surface area contributed by atoms with Crippen LogP contribution in [0.2, 0.25) is 0 Å². The Hall–Kier alpha value is -1.49. The number of nitrogens with one attached hydrogen (secondary N) is 1. The highest BCUT2D eigenvalue weighted by Crippen LogP contribution is 2.29. The van der Waals surface area contributed by atoms with Crippen molar-refractivity contribution in [2.75, 3.05) is 30.7 Å². The van der Waals surface area contributed by atoms with Gasteiger partial charge in [-0.2, -0.15) is 0 Å². The van der Waals surface area contributed by atoms with Crippen molar-refractivity contribution in [3.05, 3.63) is 17.9 Å². The normalized spacial score (nSPS) is 14.8. The molecule has 21 heavy (non-hydrogen) atoms. The Morgan fingerprint density at radius 2 is 2.14 bits per heavy atom. The van der Waals surface area contributed by atoms with Crippen LogP contribution in [0.15, 0.2) is 12.1 Å². The van der Waals surface area contributed by atoms with E-state index in [4.69, 9.17) is 10.5 Å². The zero-order valence-corrected chi connectivity index (χ0v) is 13.2. The van der Waals surface area contributed by atoms with Crippen LogP contribution in [-0.2, 0) is 0 Å². The zero-order chi connectivity index (χ0) is 15.4. The van der Waals surface area contributed by atoms with Crippen LogP contribution < -0.4 is 15.8 Å². The number of nitrogens with zero attached hydrogens (tertiary/aromatic N) is 1. The van der Waals surface area contributed by atoms with Gasteiger partial charge < -0.3 is 15.8 Å². The number of rotatable bonds is 8. The summed E-state index contributed by atoms with van der Waals surface area (Å²) in [6.45, 7) is 8.75. The monoisotopic (exact) mass is 295 g/mol. The molecule has 2 rings (SSSR count). The lowest BCUT2D eigenvalue weighted by atomic mass is 10.2. The predicted molar refractivity (Wildman–Crippen MR) is 85.3 cm³/mol. The second-order valence-corrected chi connectivity index (χ2v) is 5.82. The van der Waals surface area contributed by atoms with Crippen LogP contribution >= 0.6 is 0 Å². The molecule has 5 heteroatoms. The highest BCUT2D eigenvalue weighted by Gasteiger charge is 2.27. The van der Waals surface area contributed by atoms with Gasteiger partial charge in [0, 0.05) is 31.3 Å². The van der Waals surface area contributed by atoms with Crippen LogP contribution in [0.1, 0.15) is 33.6 Å². The molecule has 1 aromatic rings.